The summed E-state index contributed by atoms with van der Waals surface area (Å²) in [4.78, 5) is 11.9. The molecule has 0 heterocycles. The van der Waals surface area contributed by atoms with Gasteiger partial charge in [0.25, 0.3) is 10.0 Å². The molecule has 3 rings (SSSR count). The molecule has 0 aliphatic heterocycles. The number of rotatable bonds is 5. The third-order valence-electron chi connectivity index (χ3n) is 3.77. The van der Waals surface area contributed by atoms with Crippen LogP contribution in [-0.4, -0.2) is 21.0 Å². The third kappa shape index (κ3) is 3.73. The van der Waals surface area contributed by atoms with E-state index in [-0.39, 0.29) is 11.5 Å². The van der Waals surface area contributed by atoms with Crippen LogP contribution < -0.4 is 4.72 Å². The average molecular weight is 434 g/mol. The van der Waals surface area contributed by atoms with E-state index < -0.39 is 16.0 Å². The molecule has 0 amide bonds. The van der Waals surface area contributed by atoms with Gasteiger partial charge >= 0.3 is 5.97 Å². The maximum Gasteiger partial charge on any atom is 0.338 e. The molecule has 0 spiro atoms. The van der Waals surface area contributed by atoms with E-state index in [0.29, 0.717) is 16.6 Å². The van der Waals surface area contributed by atoms with Crippen molar-refractivity contribution in [3.63, 3.8) is 0 Å². The average Bonchev–Trinajstić information content (AvgIpc) is 2.62. The molecular weight excluding hydrogens is 418 g/mol. The zero-order chi connectivity index (χ0) is 18.7. The highest BCUT2D eigenvalue weighted by atomic mass is 79.9. The first-order chi connectivity index (χ1) is 12.4. The summed E-state index contributed by atoms with van der Waals surface area (Å²) in [7, 11) is -3.79. The van der Waals surface area contributed by atoms with E-state index in [1.54, 1.807) is 31.2 Å². The fourth-order valence-corrected chi connectivity index (χ4v) is 4.32. The van der Waals surface area contributed by atoms with Crippen LogP contribution in [-0.2, 0) is 14.8 Å². The summed E-state index contributed by atoms with van der Waals surface area (Å²) in [5.74, 6) is -0.444. The van der Waals surface area contributed by atoms with Gasteiger partial charge in [0.1, 0.15) is 0 Å². The van der Waals surface area contributed by atoms with E-state index in [1.807, 2.05) is 12.1 Å². The van der Waals surface area contributed by atoms with Crippen molar-refractivity contribution in [3.05, 3.63) is 70.7 Å². The number of carbonyl (C=O) groups is 1. The smallest absolute Gasteiger partial charge is 0.338 e. The predicted octanol–water partition coefficient (Wildman–Crippen LogP) is 4.58. The van der Waals surface area contributed by atoms with Crippen molar-refractivity contribution in [2.45, 2.75) is 11.8 Å². The lowest BCUT2D eigenvalue weighted by atomic mass is 10.1. The number of esters is 1. The van der Waals surface area contributed by atoms with Gasteiger partial charge in [-0.25, -0.2) is 13.2 Å². The predicted molar refractivity (Wildman–Crippen MR) is 105 cm³/mol. The Morgan fingerprint density at radius 3 is 2.31 bits per heavy atom. The number of hydrogen-bond donors (Lipinski definition) is 1. The van der Waals surface area contributed by atoms with Crippen molar-refractivity contribution in [2.24, 2.45) is 0 Å². The van der Waals surface area contributed by atoms with Crippen molar-refractivity contribution in [1.29, 1.82) is 0 Å². The van der Waals surface area contributed by atoms with E-state index in [9.17, 15) is 13.2 Å². The molecule has 3 aromatic rings. The van der Waals surface area contributed by atoms with Gasteiger partial charge in [-0.05, 0) is 48.7 Å². The van der Waals surface area contributed by atoms with Crippen LogP contribution in [0.25, 0.3) is 10.8 Å². The standard InChI is InChI=1S/C19H16BrNO4S/c1-2-25-19(22)13-7-9-14(10-8-13)21-26(23,24)18-12-11-17(20)15-5-3-4-6-16(15)18/h3-12,21H,2H2,1H3. The second-order valence-corrected chi connectivity index (χ2v) is 8.00. The zero-order valence-corrected chi connectivity index (χ0v) is 16.3. The maximum absolute atomic E-state index is 12.8. The van der Waals surface area contributed by atoms with Crippen LogP contribution in [0.4, 0.5) is 5.69 Å². The van der Waals surface area contributed by atoms with E-state index in [0.717, 1.165) is 9.86 Å². The number of ether oxygens (including phenoxy) is 1. The second-order valence-electron chi connectivity index (χ2n) is 5.49. The van der Waals surface area contributed by atoms with Gasteiger partial charge in [0.05, 0.1) is 17.1 Å². The van der Waals surface area contributed by atoms with Crippen molar-refractivity contribution >= 4 is 48.4 Å². The molecule has 3 aromatic carbocycles. The van der Waals surface area contributed by atoms with E-state index in [4.69, 9.17) is 4.74 Å². The molecule has 1 N–H and O–H groups in total. The van der Waals surface area contributed by atoms with Crippen molar-refractivity contribution in [2.75, 3.05) is 11.3 Å². The van der Waals surface area contributed by atoms with Gasteiger partial charge in [-0.15, -0.1) is 0 Å². The third-order valence-corrected chi connectivity index (χ3v) is 5.90. The summed E-state index contributed by atoms with van der Waals surface area (Å²) in [5, 5.41) is 1.44. The van der Waals surface area contributed by atoms with Crippen molar-refractivity contribution in [1.82, 2.24) is 0 Å². The van der Waals surface area contributed by atoms with Crippen LogP contribution in [0.15, 0.2) is 70.0 Å². The molecular formula is C19H16BrNO4S. The van der Waals surface area contributed by atoms with E-state index >= 15 is 0 Å². The highest BCUT2D eigenvalue weighted by Gasteiger charge is 2.18. The van der Waals surface area contributed by atoms with Gasteiger partial charge in [0.2, 0.25) is 0 Å². The van der Waals surface area contributed by atoms with Gasteiger partial charge in [0, 0.05) is 15.5 Å². The first-order valence-electron chi connectivity index (χ1n) is 7.89. The van der Waals surface area contributed by atoms with Crippen LogP contribution in [0.1, 0.15) is 17.3 Å². The highest BCUT2D eigenvalue weighted by Crippen LogP contribution is 2.30. The van der Waals surface area contributed by atoms with Crippen LogP contribution >= 0.6 is 15.9 Å². The molecule has 0 saturated heterocycles. The summed E-state index contributed by atoms with van der Waals surface area (Å²) in [6.07, 6.45) is 0. The SMILES string of the molecule is CCOC(=O)c1ccc(NS(=O)(=O)c2ccc(Br)c3ccccc23)cc1. The summed E-state index contributed by atoms with van der Waals surface area (Å²) in [6.45, 7) is 2.01. The number of fused-ring (bicyclic) bond motifs is 1. The molecule has 134 valence electrons. The lowest BCUT2D eigenvalue weighted by Crippen LogP contribution is -2.13. The summed E-state index contributed by atoms with van der Waals surface area (Å²) >= 11 is 3.44. The largest absolute Gasteiger partial charge is 0.462 e. The molecule has 0 atom stereocenters. The first kappa shape index (κ1) is 18.4. The molecule has 0 saturated carbocycles. The molecule has 0 fully saturated rings. The van der Waals surface area contributed by atoms with E-state index in [1.165, 1.54) is 24.3 Å². The van der Waals surface area contributed by atoms with Gasteiger partial charge in [0.15, 0.2) is 0 Å². The number of anilines is 1. The molecule has 0 unspecified atom stereocenters. The molecule has 0 aromatic heterocycles. The first-order valence-corrected chi connectivity index (χ1v) is 10.2. The Balaban J connectivity index is 1.93. The number of nitrogens with one attached hydrogen (secondary N) is 1. The molecule has 7 heteroatoms. The minimum absolute atomic E-state index is 0.186. The van der Waals surface area contributed by atoms with Crippen LogP contribution in [0.3, 0.4) is 0 Å². The Morgan fingerprint density at radius 1 is 1.00 bits per heavy atom. The minimum Gasteiger partial charge on any atom is -0.462 e. The molecule has 0 aliphatic rings. The van der Waals surface area contributed by atoms with Crippen LogP contribution in [0.5, 0.6) is 0 Å². The normalized spacial score (nSPS) is 11.3. The monoisotopic (exact) mass is 433 g/mol. The summed E-state index contributed by atoms with van der Waals surface area (Å²) in [6, 6.07) is 16.6. The van der Waals surface area contributed by atoms with Crippen molar-refractivity contribution in [3.8, 4) is 0 Å². The minimum atomic E-state index is -3.79. The van der Waals surface area contributed by atoms with E-state index in [2.05, 4.69) is 20.7 Å². The van der Waals surface area contributed by atoms with Gasteiger partial charge < -0.3 is 4.74 Å². The zero-order valence-electron chi connectivity index (χ0n) is 13.9. The summed E-state index contributed by atoms with van der Waals surface area (Å²) in [5.41, 5.74) is 0.730. The quantitative estimate of drug-likeness (QED) is 0.597. The molecule has 0 radical (unpaired) electrons. The Kier molecular flexibility index (Phi) is 5.29. The second kappa shape index (κ2) is 7.47. The topological polar surface area (TPSA) is 72.5 Å². The molecule has 0 aliphatic carbocycles. The fourth-order valence-electron chi connectivity index (χ4n) is 2.57. The Hall–Kier alpha value is -2.38. The molecule has 0 bridgehead atoms. The lowest BCUT2D eigenvalue weighted by Gasteiger charge is -2.12. The number of halogens is 1. The number of sulfonamides is 1. The van der Waals surface area contributed by atoms with Gasteiger partial charge in [-0.2, -0.15) is 0 Å². The maximum atomic E-state index is 12.8. The molecule has 26 heavy (non-hydrogen) atoms. The Morgan fingerprint density at radius 2 is 1.65 bits per heavy atom. The van der Waals surface area contributed by atoms with Gasteiger partial charge in [-0.1, -0.05) is 40.2 Å². The number of carbonyl (C=O) groups excluding carboxylic acids is 1. The summed E-state index contributed by atoms with van der Waals surface area (Å²) < 4.78 is 33.9. The Bertz CT molecular complexity index is 1060. The lowest BCUT2D eigenvalue weighted by molar-refractivity contribution is 0.0526. The number of hydrogen-bond acceptors (Lipinski definition) is 4. The van der Waals surface area contributed by atoms with Crippen LogP contribution in [0.2, 0.25) is 0 Å². The van der Waals surface area contributed by atoms with Gasteiger partial charge in [-0.3, -0.25) is 4.72 Å². The highest BCUT2D eigenvalue weighted by molar-refractivity contribution is 9.10. The van der Waals surface area contributed by atoms with Crippen LogP contribution in [0, 0.1) is 0 Å². The van der Waals surface area contributed by atoms with Crippen molar-refractivity contribution < 1.29 is 17.9 Å². The fraction of sp³-hybridized carbons (Fsp3) is 0.105. The number of benzene rings is 3. The molecule has 5 nitrogen and oxygen atoms in total. The Labute approximate surface area is 160 Å².